The van der Waals surface area contributed by atoms with E-state index in [0.717, 1.165) is 37.5 Å². The number of carbonyl (C=O) groups is 1. The first-order valence-corrected chi connectivity index (χ1v) is 8.59. The minimum absolute atomic E-state index is 0.0359. The van der Waals surface area contributed by atoms with Crippen molar-refractivity contribution < 1.29 is 4.79 Å². The molecule has 0 unspecified atom stereocenters. The van der Waals surface area contributed by atoms with Gasteiger partial charge < -0.3 is 10.2 Å². The normalized spacial score (nSPS) is 15.6. The molecule has 2 aromatic rings. The van der Waals surface area contributed by atoms with E-state index in [1.54, 1.807) is 0 Å². The van der Waals surface area contributed by atoms with Gasteiger partial charge in [0.25, 0.3) is 0 Å². The minimum Gasteiger partial charge on any atom is -0.371 e. The maximum atomic E-state index is 12.1. The topological polar surface area (TPSA) is 111 Å². The minimum atomic E-state index is -0.0359. The van der Waals surface area contributed by atoms with Crippen LogP contribution in [0, 0.1) is 17.2 Å². The Morgan fingerprint density at radius 3 is 2.81 bits per heavy atom. The molecule has 1 saturated heterocycles. The molecule has 0 aliphatic carbocycles. The van der Waals surface area contributed by atoms with Gasteiger partial charge in [-0.2, -0.15) is 10.5 Å². The highest BCUT2D eigenvalue weighted by molar-refractivity contribution is 6.01. The molecule has 0 atom stereocenters. The zero-order valence-corrected chi connectivity index (χ0v) is 14.9. The number of tetrazole rings is 1. The first-order chi connectivity index (χ1) is 12.6. The van der Waals surface area contributed by atoms with Gasteiger partial charge in [0.1, 0.15) is 11.6 Å². The van der Waals surface area contributed by atoms with Gasteiger partial charge in [-0.1, -0.05) is 6.92 Å². The molecule has 8 heteroatoms. The van der Waals surface area contributed by atoms with E-state index in [9.17, 15) is 10.1 Å². The number of aromatic nitrogens is 4. The third-order valence-electron chi connectivity index (χ3n) is 4.61. The van der Waals surface area contributed by atoms with Gasteiger partial charge in [0.05, 0.1) is 0 Å². The van der Waals surface area contributed by atoms with E-state index in [1.807, 2.05) is 24.3 Å². The first-order valence-electron chi connectivity index (χ1n) is 8.59. The third kappa shape index (κ3) is 3.88. The molecule has 0 saturated carbocycles. The summed E-state index contributed by atoms with van der Waals surface area (Å²) in [7, 11) is 0. The number of hydrogen-bond donors (Lipinski definition) is 2. The Kier molecular flexibility index (Phi) is 5.27. The van der Waals surface area contributed by atoms with Gasteiger partial charge in [0.2, 0.25) is 5.82 Å². The summed E-state index contributed by atoms with van der Waals surface area (Å²) in [4.78, 5) is 14.4. The number of nitriles is 1. The Balaban J connectivity index is 1.83. The highest BCUT2D eigenvalue weighted by Gasteiger charge is 2.18. The Hall–Kier alpha value is -3.21. The highest BCUT2D eigenvalue weighted by Crippen LogP contribution is 2.28. The fourth-order valence-corrected chi connectivity index (χ4v) is 2.99. The van der Waals surface area contributed by atoms with E-state index in [1.165, 1.54) is 13.1 Å². The monoisotopic (exact) mass is 351 g/mol. The molecule has 8 nitrogen and oxygen atoms in total. The average Bonchev–Trinajstić information content (AvgIpc) is 3.17. The molecule has 2 heterocycles. The number of ketones is 1. The molecule has 0 amide bonds. The number of carbonyl (C=O) groups excluding carboxylic acids is 1. The summed E-state index contributed by atoms with van der Waals surface area (Å²) in [6, 6.07) is 7.79. The van der Waals surface area contributed by atoms with Crippen molar-refractivity contribution in [2.75, 3.05) is 23.3 Å². The van der Waals surface area contributed by atoms with Crippen LogP contribution in [0.4, 0.5) is 11.4 Å². The molecular weight excluding hydrogens is 330 g/mol. The Morgan fingerprint density at radius 2 is 2.19 bits per heavy atom. The number of nitrogens with zero attached hydrogens (tertiary/aromatic N) is 5. The Labute approximate surface area is 151 Å². The predicted molar refractivity (Wildman–Crippen MR) is 98.4 cm³/mol. The van der Waals surface area contributed by atoms with E-state index in [-0.39, 0.29) is 17.2 Å². The fourth-order valence-electron chi connectivity index (χ4n) is 2.99. The van der Waals surface area contributed by atoms with Crippen LogP contribution < -0.4 is 10.2 Å². The molecule has 3 rings (SSSR count). The number of nitrogens with one attached hydrogen (secondary N) is 2. The van der Waals surface area contributed by atoms with Gasteiger partial charge in [0.15, 0.2) is 5.78 Å². The SMILES string of the molecule is CC(=O)c1cc(N2CCC(C)CC2)ccc1NC=C(C#N)c1nn[nH]n1. The standard InChI is InChI=1S/C18H21N7O/c1-12-5-7-25(8-6-12)15-3-4-17(16(9-15)13(2)26)20-11-14(10-19)18-21-23-24-22-18/h3-4,9,11-12,20H,5-8H2,1-2H3,(H,21,22,23,24). The molecule has 0 spiro atoms. The fraction of sp³-hybridized carbons (Fsp3) is 0.389. The van der Waals surface area contributed by atoms with E-state index in [2.05, 4.69) is 37.8 Å². The van der Waals surface area contributed by atoms with Crippen LogP contribution >= 0.6 is 0 Å². The lowest BCUT2D eigenvalue weighted by Gasteiger charge is -2.32. The van der Waals surface area contributed by atoms with Crippen molar-refractivity contribution in [1.82, 2.24) is 20.6 Å². The van der Waals surface area contributed by atoms with Gasteiger partial charge in [-0.3, -0.25) is 4.79 Å². The second kappa shape index (κ2) is 7.78. The lowest BCUT2D eigenvalue weighted by molar-refractivity contribution is 0.101. The van der Waals surface area contributed by atoms with Crippen LogP contribution in [-0.2, 0) is 0 Å². The van der Waals surface area contributed by atoms with Gasteiger partial charge in [-0.05, 0) is 49.1 Å². The Bertz CT molecular complexity index is 843. The van der Waals surface area contributed by atoms with Crippen LogP contribution in [0.1, 0.15) is 42.9 Å². The second-order valence-electron chi connectivity index (χ2n) is 6.51. The van der Waals surface area contributed by atoms with Gasteiger partial charge in [0, 0.05) is 36.2 Å². The zero-order valence-electron chi connectivity index (χ0n) is 14.9. The number of hydrogen-bond acceptors (Lipinski definition) is 7. The number of rotatable bonds is 5. The van der Waals surface area contributed by atoms with Crippen LogP contribution in [0.25, 0.3) is 5.57 Å². The van der Waals surface area contributed by atoms with Crippen molar-refractivity contribution in [3.63, 3.8) is 0 Å². The summed E-state index contributed by atoms with van der Waals surface area (Å²) >= 11 is 0. The quantitative estimate of drug-likeness (QED) is 0.629. The number of allylic oxidation sites excluding steroid dienone is 1. The second-order valence-corrected chi connectivity index (χ2v) is 6.51. The summed E-state index contributed by atoms with van der Waals surface area (Å²) in [5, 5.41) is 25.6. The Morgan fingerprint density at radius 1 is 1.42 bits per heavy atom. The smallest absolute Gasteiger partial charge is 0.216 e. The number of H-pyrrole nitrogens is 1. The van der Waals surface area contributed by atoms with Gasteiger partial charge in [-0.15, -0.1) is 10.2 Å². The lowest BCUT2D eigenvalue weighted by Crippen LogP contribution is -2.32. The number of aromatic amines is 1. The zero-order chi connectivity index (χ0) is 18.5. The van der Waals surface area contributed by atoms with E-state index in [4.69, 9.17) is 0 Å². The molecule has 0 bridgehead atoms. The molecule has 2 N–H and O–H groups in total. The summed E-state index contributed by atoms with van der Waals surface area (Å²) in [5.74, 6) is 0.911. The number of anilines is 2. The summed E-state index contributed by atoms with van der Waals surface area (Å²) in [6.45, 7) is 5.81. The van der Waals surface area contributed by atoms with E-state index >= 15 is 0 Å². The van der Waals surface area contributed by atoms with Crippen molar-refractivity contribution in [2.45, 2.75) is 26.7 Å². The van der Waals surface area contributed by atoms with Crippen molar-refractivity contribution in [1.29, 1.82) is 5.26 Å². The van der Waals surface area contributed by atoms with Crippen molar-refractivity contribution in [3.05, 3.63) is 35.8 Å². The maximum Gasteiger partial charge on any atom is 0.216 e. The molecule has 1 fully saturated rings. The molecule has 1 aliphatic rings. The molecule has 134 valence electrons. The van der Waals surface area contributed by atoms with E-state index < -0.39 is 0 Å². The highest BCUT2D eigenvalue weighted by atomic mass is 16.1. The van der Waals surface area contributed by atoms with Crippen LogP contribution in [0.3, 0.4) is 0 Å². The maximum absolute atomic E-state index is 12.1. The largest absolute Gasteiger partial charge is 0.371 e. The molecule has 26 heavy (non-hydrogen) atoms. The summed E-state index contributed by atoms with van der Waals surface area (Å²) < 4.78 is 0. The van der Waals surface area contributed by atoms with Gasteiger partial charge in [-0.25, -0.2) is 0 Å². The molecule has 0 radical (unpaired) electrons. The average molecular weight is 351 g/mol. The molecular formula is C18H21N7O. The summed E-state index contributed by atoms with van der Waals surface area (Å²) in [6.07, 6.45) is 3.80. The number of Topliss-reactive ketones (excluding diaryl/α,β-unsaturated/α-hetero) is 1. The number of benzene rings is 1. The van der Waals surface area contributed by atoms with Crippen LogP contribution in [-0.4, -0.2) is 39.5 Å². The van der Waals surface area contributed by atoms with E-state index in [0.29, 0.717) is 11.3 Å². The summed E-state index contributed by atoms with van der Waals surface area (Å²) in [5.41, 5.74) is 2.50. The van der Waals surface area contributed by atoms with Gasteiger partial charge >= 0.3 is 0 Å². The molecule has 1 aromatic heterocycles. The van der Waals surface area contributed by atoms with Crippen LogP contribution in [0.5, 0.6) is 0 Å². The van der Waals surface area contributed by atoms with Crippen molar-refractivity contribution in [2.24, 2.45) is 5.92 Å². The van der Waals surface area contributed by atoms with Crippen LogP contribution in [0.15, 0.2) is 24.4 Å². The van der Waals surface area contributed by atoms with Crippen molar-refractivity contribution in [3.8, 4) is 6.07 Å². The molecule has 1 aliphatic heterocycles. The third-order valence-corrected chi connectivity index (χ3v) is 4.61. The van der Waals surface area contributed by atoms with Crippen molar-refractivity contribution >= 4 is 22.7 Å². The first kappa shape index (κ1) is 17.6. The number of piperidine rings is 1. The lowest BCUT2D eigenvalue weighted by atomic mass is 9.98. The molecule has 1 aromatic carbocycles. The predicted octanol–water partition coefficient (Wildman–Crippen LogP) is 2.62. The van der Waals surface area contributed by atoms with Crippen LogP contribution in [0.2, 0.25) is 0 Å².